The molecule has 1 aliphatic heterocycles. The van der Waals surface area contributed by atoms with E-state index in [2.05, 4.69) is 5.32 Å². The lowest BCUT2D eigenvalue weighted by Crippen LogP contribution is -2.39. The Labute approximate surface area is 132 Å². The maximum atomic E-state index is 12.2. The standard InChI is InChI=1S/C18H15NO4/c1-22-14-4-2-3-11-10(14)5-7-15-17(11)13(9-23-15)12-6-8-16(20)19-18(12)21/h2-5,7,9,12H,6,8H2,1H3,(H,19,20,21)/t12-/m0/s1. The van der Waals surface area contributed by atoms with E-state index in [4.69, 9.17) is 9.15 Å². The Morgan fingerprint density at radius 1 is 1.17 bits per heavy atom. The van der Waals surface area contributed by atoms with Crippen LogP contribution in [0.2, 0.25) is 0 Å². The molecule has 2 amide bonds. The molecule has 23 heavy (non-hydrogen) atoms. The largest absolute Gasteiger partial charge is 0.496 e. The van der Waals surface area contributed by atoms with Crippen molar-refractivity contribution in [1.29, 1.82) is 0 Å². The molecule has 1 aromatic heterocycles. The van der Waals surface area contributed by atoms with Crippen LogP contribution >= 0.6 is 0 Å². The molecule has 116 valence electrons. The third-order valence-corrected chi connectivity index (χ3v) is 4.42. The van der Waals surface area contributed by atoms with Gasteiger partial charge in [0.25, 0.3) is 0 Å². The Bertz CT molecular complexity index is 941. The summed E-state index contributed by atoms with van der Waals surface area (Å²) in [6, 6.07) is 9.65. The molecule has 4 rings (SSSR count). The first-order chi connectivity index (χ1) is 11.2. The summed E-state index contributed by atoms with van der Waals surface area (Å²) in [4.78, 5) is 23.6. The first kappa shape index (κ1) is 13.8. The smallest absolute Gasteiger partial charge is 0.234 e. The van der Waals surface area contributed by atoms with Gasteiger partial charge in [-0.1, -0.05) is 12.1 Å². The second kappa shape index (κ2) is 5.12. The third-order valence-electron chi connectivity index (χ3n) is 4.42. The lowest BCUT2D eigenvalue weighted by Gasteiger charge is -2.20. The van der Waals surface area contributed by atoms with Crippen LogP contribution in [0.25, 0.3) is 21.7 Å². The number of piperidine rings is 1. The minimum atomic E-state index is -0.370. The van der Waals surface area contributed by atoms with Crippen molar-refractivity contribution in [1.82, 2.24) is 5.32 Å². The van der Waals surface area contributed by atoms with E-state index >= 15 is 0 Å². The summed E-state index contributed by atoms with van der Waals surface area (Å²) < 4.78 is 11.1. The van der Waals surface area contributed by atoms with Crippen LogP contribution in [0, 0.1) is 0 Å². The van der Waals surface area contributed by atoms with Crippen molar-refractivity contribution in [2.45, 2.75) is 18.8 Å². The SMILES string of the molecule is COc1cccc2c1ccc1occ([C@@H]3CCC(=O)NC3=O)c12. The van der Waals surface area contributed by atoms with E-state index in [0.717, 1.165) is 33.1 Å². The number of amides is 2. The molecule has 1 aliphatic rings. The van der Waals surface area contributed by atoms with Gasteiger partial charge < -0.3 is 9.15 Å². The Morgan fingerprint density at radius 3 is 2.83 bits per heavy atom. The number of carbonyl (C=O) groups is 2. The number of hydrogen-bond donors (Lipinski definition) is 1. The summed E-state index contributed by atoms with van der Waals surface area (Å²) in [5.74, 6) is -0.0694. The van der Waals surface area contributed by atoms with E-state index in [0.29, 0.717) is 12.8 Å². The second-order valence-corrected chi connectivity index (χ2v) is 5.69. The van der Waals surface area contributed by atoms with E-state index in [9.17, 15) is 9.59 Å². The molecule has 0 bridgehead atoms. The van der Waals surface area contributed by atoms with Crippen molar-refractivity contribution in [3.63, 3.8) is 0 Å². The number of imide groups is 1. The summed E-state index contributed by atoms with van der Waals surface area (Å²) in [5.41, 5.74) is 1.55. The van der Waals surface area contributed by atoms with E-state index < -0.39 is 0 Å². The molecule has 2 heterocycles. The van der Waals surface area contributed by atoms with Crippen molar-refractivity contribution in [2.24, 2.45) is 0 Å². The zero-order valence-electron chi connectivity index (χ0n) is 12.6. The van der Waals surface area contributed by atoms with Gasteiger partial charge in [-0.05, 0) is 30.0 Å². The molecular formula is C18H15NO4. The average molecular weight is 309 g/mol. The number of benzene rings is 2. The van der Waals surface area contributed by atoms with Crippen LogP contribution in [-0.2, 0) is 9.59 Å². The Kier molecular flexibility index (Phi) is 3.08. The highest BCUT2D eigenvalue weighted by Crippen LogP contribution is 2.38. The molecule has 2 aromatic carbocycles. The normalized spacial score (nSPS) is 18.4. The minimum Gasteiger partial charge on any atom is -0.496 e. The van der Waals surface area contributed by atoms with Crippen LogP contribution in [0.5, 0.6) is 5.75 Å². The predicted octanol–water partition coefficient (Wildman–Crippen LogP) is 3.11. The zero-order valence-corrected chi connectivity index (χ0v) is 12.6. The van der Waals surface area contributed by atoms with Gasteiger partial charge in [-0.25, -0.2) is 0 Å². The molecule has 5 nitrogen and oxygen atoms in total. The molecule has 1 N–H and O–H groups in total. The molecule has 0 radical (unpaired) electrons. The van der Waals surface area contributed by atoms with Gasteiger partial charge in [0.05, 0.1) is 19.3 Å². The molecule has 1 atom stereocenters. The first-order valence-corrected chi connectivity index (χ1v) is 7.49. The number of ether oxygens (including phenoxy) is 1. The van der Waals surface area contributed by atoms with Crippen LogP contribution in [-0.4, -0.2) is 18.9 Å². The van der Waals surface area contributed by atoms with Gasteiger partial charge in [-0.2, -0.15) is 0 Å². The number of carbonyl (C=O) groups excluding carboxylic acids is 2. The molecule has 3 aromatic rings. The Hall–Kier alpha value is -2.82. The fourth-order valence-corrected chi connectivity index (χ4v) is 3.32. The summed E-state index contributed by atoms with van der Waals surface area (Å²) >= 11 is 0. The van der Waals surface area contributed by atoms with Crippen LogP contribution in [0.1, 0.15) is 24.3 Å². The fraction of sp³-hybridized carbons (Fsp3) is 0.222. The number of fused-ring (bicyclic) bond motifs is 3. The highest BCUT2D eigenvalue weighted by Gasteiger charge is 2.31. The van der Waals surface area contributed by atoms with E-state index in [-0.39, 0.29) is 17.7 Å². The minimum absolute atomic E-state index is 0.217. The quantitative estimate of drug-likeness (QED) is 0.739. The van der Waals surface area contributed by atoms with E-state index in [1.807, 2.05) is 30.3 Å². The van der Waals surface area contributed by atoms with Crippen molar-refractivity contribution < 1.29 is 18.7 Å². The topological polar surface area (TPSA) is 68.5 Å². The van der Waals surface area contributed by atoms with Gasteiger partial charge >= 0.3 is 0 Å². The van der Waals surface area contributed by atoms with E-state index in [1.54, 1.807) is 13.4 Å². The number of rotatable bonds is 2. The van der Waals surface area contributed by atoms with E-state index in [1.165, 1.54) is 0 Å². The van der Waals surface area contributed by atoms with Crippen LogP contribution in [0.3, 0.4) is 0 Å². The molecule has 0 spiro atoms. The number of hydrogen-bond acceptors (Lipinski definition) is 4. The van der Waals surface area contributed by atoms with Gasteiger partial charge in [0.1, 0.15) is 11.3 Å². The molecule has 1 fully saturated rings. The summed E-state index contributed by atoms with van der Waals surface area (Å²) in [6.45, 7) is 0. The van der Waals surface area contributed by atoms with Gasteiger partial charge in [-0.3, -0.25) is 14.9 Å². The highest BCUT2D eigenvalue weighted by atomic mass is 16.5. The lowest BCUT2D eigenvalue weighted by molar-refractivity contribution is -0.134. The lowest BCUT2D eigenvalue weighted by atomic mass is 9.89. The maximum Gasteiger partial charge on any atom is 0.234 e. The number of methoxy groups -OCH3 is 1. The maximum absolute atomic E-state index is 12.2. The van der Waals surface area contributed by atoms with Crippen LogP contribution in [0.15, 0.2) is 41.0 Å². The summed E-state index contributed by atoms with van der Waals surface area (Å²) in [5, 5.41) is 5.27. The zero-order chi connectivity index (χ0) is 16.0. The molecular weight excluding hydrogens is 294 g/mol. The molecule has 1 saturated heterocycles. The fourth-order valence-electron chi connectivity index (χ4n) is 3.32. The summed E-state index contributed by atoms with van der Waals surface area (Å²) in [7, 11) is 1.63. The Morgan fingerprint density at radius 2 is 2.04 bits per heavy atom. The van der Waals surface area contributed by atoms with Crippen molar-refractivity contribution in [3.8, 4) is 5.75 Å². The molecule has 5 heteroatoms. The van der Waals surface area contributed by atoms with Crippen molar-refractivity contribution in [2.75, 3.05) is 7.11 Å². The first-order valence-electron chi connectivity index (χ1n) is 7.49. The Balaban J connectivity index is 1.96. The van der Waals surface area contributed by atoms with Gasteiger partial charge in [0, 0.05) is 22.8 Å². The van der Waals surface area contributed by atoms with Crippen LogP contribution < -0.4 is 10.1 Å². The van der Waals surface area contributed by atoms with Crippen LogP contribution in [0.4, 0.5) is 0 Å². The third kappa shape index (κ3) is 2.08. The second-order valence-electron chi connectivity index (χ2n) is 5.69. The average Bonchev–Trinajstić information content (AvgIpc) is 2.98. The highest BCUT2D eigenvalue weighted by molar-refractivity contribution is 6.12. The van der Waals surface area contributed by atoms with Gasteiger partial charge in [0.15, 0.2) is 0 Å². The molecule has 0 unspecified atom stereocenters. The van der Waals surface area contributed by atoms with Crippen molar-refractivity contribution >= 4 is 33.6 Å². The molecule has 0 aliphatic carbocycles. The monoisotopic (exact) mass is 309 g/mol. The summed E-state index contributed by atoms with van der Waals surface area (Å²) in [6.07, 6.45) is 2.47. The van der Waals surface area contributed by atoms with Crippen molar-refractivity contribution in [3.05, 3.63) is 42.2 Å². The number of nitrogens with one attached hydrogen (secondary N) is 1. The predicted molar refractivity (Wildman–Crippen MR) is 85.4 cm³/mol. The number of furan rings is 1. The van der Waals surface area contributed by atoms with Gasteiger partial charge in [-0.15, -0.1) is 0 Å². The molecule has 0 saturated carbocycles. The van der Waals surface area contributed by atoms with Gasteiger partial charge in [0.2, 0.25) is 11.8 Å².